The Morgan fingerprint density at radius 3 is 2.30 bits per heavy atom. The van der Waals surface area contributed by atoms with Gasteiger partial charge in [-0.05, 0) is 67.8 Å². The van der Waals surface area contributed by atoms with Gasteiger partial charge in [0.15, 0.2) is 0 Å². The second-order valence-corrected chi connectivity index (χ2v) is 9.42. The van der Waals surface area contributed by atoms with Crippen LogP contribution in [0.15, 0.2) is 71.6 Å². The third-order valence-corrected chi connectivity index (χ3v) is 6.73. The third-order valence-electron chi connectivity index (χ3n) is 4.73. The molecule has 0 aliphatic rings. The van der Waals surface area contributed by atoms with Crippen molar-refractivity contribution in [1.29, 1.82) is 0 Å². The lowest BCUT2D eigenvalue weighted by Gasteiger charge is -2.26. The lowest BCUT2D eigenvalue weighted by atomic mass is 10.1. The Balaban J connectivity index is 2.01. The first-order chi connectivity index (χ1) is 14.2. The number of amides is 1. The van der Waals surface area contributed by atoms with Crippen LogP contribution in [0.5, 0.6) is 0 Å². The zero-order valence-electron chi connectivity index (χ0n) is 17.0. The topological polar surface area (TPSA) is 66.5 Å². The number of anilines is 2. The number of carbonyl (C=O) groups excluding carboxylic acids is 1. The van der Waals surface area contributed by atoms with Crippen molar-refractivity contribution < 1.29 is 13.2 Å². The maximum absolute atomic E-state index is 13.4. The van der Waals surface area contributed by atoms with E-state index in [9.17, 15) is 13.2 Å². The fraction of sp³-hybridized carbons (Fsp3) is 0.174. The molecule has 3 aromatic carbocycles. The van der Waals surface area contributed by atoms with Crippen molar-refractivity contribution in [2.75, 3.05) is 16.2 Å². The molecule has 0 bridgehead atoms. The van der Waals surface area contributed by atoms with Crippen LogP contribution in [0.25, 0.3) is 0 Å². The average molecular weight is 443 g/mol. The van der Waals surface area contributed by atoms with Gasteiger partial charge in [0, 0.05) is 10.7 Å². The van der Waals surface area contributed by atoms with E-state index in [0.717, 1.165) is 15.4 Å². The van der Waals surface area contributed by atoms with Crippen molar-refractivity contribution in [3.63, 3.8) is 0 Å². The van der Waals surface area contributed by atoms with Gasteiger partial charge < -0.3 is 5.32 Å². The molecule has 3 aromatic rings. The minimum absolute atomic E-state index is 0.101. The van der Waals surface area contributed by atoms with Crippen LogP contribution >= 0.6 is 11.6 Å². The molecule has 3 rings (SSSR count). The van der Waals surface area contributed by atoms with Crippen LogP contribution in [0.3, 0.4) is 0 Å². The van der Waals surface area contributed by atoms with E-state index in [0.29, 0.717) is 22.0 Å². The highest BCUT2D eigenvalue weighted by atomic mass is 35.5. The summed E-state index contributed by atoms with van der Waals surface area (Å²) in [4.78, 5) is 13.0. The molecule has 0 aliphatic carbocycles. The number of rotatable bonds is 6. The second kappa shape index (κ2) is 8.90. The van der Waals surface area contributed by atoms with E-state index in [4.69, 9.17) is 11.6 Å². The highest BCUT2D eigenvalue weighted by molar-refractivity contribution is 7.92. The van der Waals surface area contributed by atoms with Gasteiger partial charge in [-0.3, -0.25) is 9.10 Å². The van der Waals surface area contributed by atoms with Crippen LogP contribution in [-0.2, 0) is 14.8 Å². The van der Waals surface area contributed by atoms with E-state index >= 15 is 0 Å². The molecule has 0 saturated heterocycles. The first-order valence-electron chi connectivity index (χ1n) is 9.39. The first-order valence-corrected chi connectivity index (χ1v) is 11.2. The molecule has 0 aromatic heterocycles. The van der Waals surface area contributed by atoms with Crippen LogP contribution in [0.4, 0.5) is 11.4 Å². The SMILES string of the molecule is Cc1ccc(C)c(NC(=O)CN(c2cc(Cl)ccc2C)S(=O)(=O)c2ccccc2)c1. The summed E-state index contributed by atoms with van der Waals surface area (Å²) in [5, 5.41) is 3.22. The van der Waals surface area contributed by atoms with Gasteiger partial charge in [-0.1, -0.05) is 48.0 Å². The van der Waals surface area contributed by atoms with Crippen molar-refractivity contribution in [3.8, 4) is 0 Å². The van der Waals surface area contributed by atoms with Gasteiger partial charge in [-0.25, -0.2) is 8.42 Å². The number of halogens is 1. The molecule has 0 heterocycles. The van der Waals surface area contributed by atoms with Crippen molar-refractivity contribution in [3.05, 3.63) is 88.4 Å². The molecule has 0 atom stereocenters. The molecule has 0 unspecified atom stereocenters. The monoisotopic (exact) mass is 442 g/mol. The molecule has 7 heteroatoms. The third kappa shape index (κ3) is 4.83. The van der Waals surface area contributed by atoms with Crippen molar-refractivity contribution in [2.45, 2.75) is 25.7 Å². The summed E-state index contributed by atoms with van der Waals surface area (Å²) in [6, 6.07) is 18.7. The number of nitrogens with zero attached hydrogens (tertiary/aromatic N) is 1. The first kappa shape index (κ1) is 21.9. The number of aryl methyl sites for hydroxylation is 3. The molecule has 156 valence electrons. The van der Waals surface area contributed by atoms with Crippen LogP contribution < -0.4 is 9.62 Å². The molecular formula is C23H23ClN2O3S. The van der Waals surface area contributed by atoms with Crippen LogP contribution in [0, 0.1) is 20.8 Å². The zero-order chi connectivity index (χ0) is 21.9. The Kier molecular flexibility index (Phi) is 6.48. The van der Waals surface area contributed by atoms with Crippen molar-refractivity contribution in [2.24, 2.45) is 0 Å². The Bertz CT molecular complexity index is 1180. The normalized spacial score (nSPS) is 11.2. The Labute approximate surface area is 182 Å². The lowest BCUT2D eigenvalue weighted by molar-refractivity contribution is -0.114. The fourth-order valence-corrected chi connectivity index (χ4v) is 4.73. The van der Waals surface area contributed by atoms with E-state index in [2.05, 4.69) is 5.32 Å². The van der Waals surface area contributed by atoms with Gasteiger partial charge in [0.1, 0.15) is 6.54 Å². The van der Waals surface area contributed by atoms with Gasteiger partial charge in [0.05, 0.1) is 10.6 Å². The molecule has 0 saturated carbocycles. The van der Waals surface area contributed by atoms with E-state index < -0.39 is 15.9 Å². The number of hydrogen-bond acceptors (Lipinski definition) is 3. The van der Waals surface area contributed by atoms with E-state index in [1.807, 2.05) is 32.0 Å². The number of benzene rings is 3. The molecule has 0 aliphatic heterocycles. The molecule has 1 amide bonds. The summed E-state index contributed by atoms with van der Waals surface area (Å²) < 4.78 is 27.9. The van der Waals surface area contributed by atoms with Crippen LogP contribution in [0.2, 0.25) is 5.02 Å². The quantitative estimate of drug-likeness (QED) is 0.577. The van der Waals surface area contributed by atoms with Crippen LogP contribution in [0.1, 0.15) is 16.7 Å². The summed E-state index contributed by atoms with van der Waals surface area (Å²) in [5.74, 6) is -0.442. The van der Waals surface area contributed by atoms with Gasteiger partial charge >= 0.3 is 0 Å². The van der Waals surface area contributed by atoms with E-state index in [1.165, 1.54) is 12.1 Å². The van der Waals surface area contributed by atoms with Gasteiger partial charge in [0.2, 0.25) is 5.91 Å². The van der Waals surface area contributed by atoms with Gasteiger partial charge in [-0.2, -0.15) is 0 Å². The Hall–Kier alpha value is -2.83. The molecule has 0 spiro atoms. The number of hydrogen-bond donors (Lipinski definition) is 1. The minimum atomic E-state index is -3.99. The fourth-order valence-electron chi connectivity index (χ4n) is 3.06. The maximum atomic E-state index is 13.4. The zero-order valence-corrected chi connectivity index (χ0v) is 18.6. The number of carbonyl (C=O) groups is 1. The smallest absolute Gasteiger partial charge is 0.264 e. The van der Waals surface area contributed by atoms with Gasteiger partial charge in [0.25, 0.3) is 10.0 Å². The predicted octanol–water partition coefficient (Wildman–Crippen LogP) is 5.10. The molecular weight excluding hydrogens is 420 g/mol. The molecule has 30 heavy (non-hydrogen) atoms. The molecule has 5 nitrogen and oxygen atoms in total. The summed E-state index contributed by atoms with van der Waals surface area (Å²) in [6.07, 6.45) is 0. The molecule has 0 fully saturated rings. The summed E-state index contributed by atoms with van der Waals surface area (Å²) in [7, 11) is -3.99. The average Bonchev–Trinajstić information content (AvgIpc) is 2.71. The van der Waals surface area contributed by atoms with E-state index in [1.54, 1.807) is 43.3 Å². The van der Waals surface area contributed by atoms with Crippen molar-refractivity contribution >= 4 is 38.9 Å². The summed E-state index contributed by atoms with van der Waals surface area (Å²) in [6.45, 7) is 5.21. The minimum Gasteiger partial charge on any atom is -0.324 e. The standard InChI is InChI=1S/C23H23ClN2O3S/c1-16-9-10-17(2)21(13-16)25-23(27)15-26(22-14-19(24)12-11-18(22)3)30(28,29)20-7-5-4-6-8-20/h4-14H,15H2,1-3H3,(H,25,27). The predicted molar refractivity (Wildman–Crippen MR) is 122 cm³/mol. The summed E-state index contributed by atoms with van der Waals surface area (Å²) >= 11 is 6.14. The largest absolute Gasteiger partial charge is 0.324 e. The second-order valence-electron chi connectivity index (χ2n) is 7.12. The Morgan fingerprint density at radius 2 is 1.60 bits per heavy atom. The van der Waals surface area contributed by atoms with Crippen molar-refractivity contribution in [1.82, 2.24) is 0 Å². The molecule has 1 N–H and O–H groups in total. The highest BCUT2D eigenvalue weighted by Gasteiger charge is 2.28. The Morgan fingerprint density at radius 1 is 0.933 bits per heavy atom. The maximum Gasteiger partial charge on any atom is 0.264 e. The lowest BCUT2D eigenvalue weighted by Crippen LogP contribution is -2.38. The highest BCUT2D eigenvalue weighted by Crippen LogP contribution is 2.29. The number of nitrogens with one attached hydrogen (secondary N) is 1. The summed E-state index contributed by atoms with van der Waals surface area (Å²) in [5.41, 5.74) is 3.60. The van der Waals surface area contributed by atoms with Gasteiger partial charge in [-0.15, -0.1) is 0 Å². The van der Waals surface area contributed by atoms with E-state index in [-0.39, 0.29) is 11.4 Å². The van der Waals surface area contributed by atoms with Crippen LogP contribution in [-0.4, -0.2) is 20.9 Å². The number of sulfonamides is 1. The molecule has 0 radical (unpaired) electrons.